The van der Waals surface area contributed by atoms with Gasteiger partial charge in [0.15, 0.2) is 0 Å². The Balaban J connectivity index is 1.76. The predicted octanol–water partition coefficient (Wildman–Crippen LogP) is 4.82. The lowest BCUT2D eigenvalue weighted by atomic mass is 10.2. The second kappa shape index (κ2) is 8.14. The highest BCUT2D eigenvalue weighted by atomic mass is 35.5. The smallest absolute Gasteiger partial charge is 0.248 e. The summed E-state index contributed by atoms with van der Waals surface area (Å²) in [6.07, 6.45) is 2.63. The van der Waals surface area contributed by atoms with Gasteiger partial charge in [-0.3, -0.25) is 4.79 Å². The van der Waals surface area contributed by atoms with Crippen molar-refractivity contribution in [3.8, 4) is 0 Å². The van der Waals surface area contributed by atoms with Crippen molar-refractivity contribution in [1.82, 2.24) is 9.78 Å². The van der Waals surface area contributed by atoms with Crippen molar-refractivity contribution in [2.45, 2.75) is 13.5 Å². The van der Waals surface area contributed by atoms with Crippen LogP contribution in [0.1, 0.15) is 16.8 Å². The average molecular weight is 388 g/mol. The standard InChI is InChI=1S/C20H16ClF2N3O/c1-13-15(20(21)26(25-13)12-14-6-3-2-4-7-14)10-11-18(27)24-19-16(22)8-5-9-17(19)23/h2-11H,12H2,1H3,(H,24,27)/b11-10+. The Morgan fingerprint density at radius 1 is 1.15 bits per heavy atom. The van der Waals surface area contributed by atoms with Crippen molar-refractivity contribution in [1.29, 1.82) is 0 Å². The van der Waals surface area contributed by atoms with Gasteiger partial charge in [-0.2, -0.15) is 5.10 Å². The second-order valence-electron chi connectivity index (χ2n) is 5.85. The van der Waals surface area contributed by atoms with Gasteiger partial charge in [0.05, 0.1) is 12.2 Å². The lowest BCUT2D eigenvalue weighted by molar-refractivity contribution is -0.111. The summed E-state index contributed by atoms with van der Waals surface area (Å²) in [5.74, 6) is -2.37. The van der Waals surface area contributed by atoms with Crippen LogP contribution in [-0.4, -0.2) is 15.7 Å². The molecule has 0 aliphatic carbocycles. The Morgan fingerprint density at radius 3 is 2.48 bits per heavy atom. The van der Waals surface area contributed by atoms with Gasteiger partial charge in [-0.15, -0.1) is 0 Å². The maximum atomic E-state index is 13.6. The quantitative estimate of drug-likeness (QED) is 0.638. The molecule has 0 aliphatic heterocycles. The number of benzene rings is 2. The first-order valence-electron chi connectivity index (χ1n) is 8.15. The van der Waals surface area contributed by atoms with Crippen LogP contribution in [0.15, 0.2) is 54.6 Å². The fourth-order valence-electron chi connectivity index (χ4n) is 2.56. The van der Waals surface area contributed by atoms with Crippen LogP contribution in [0.3, 0.4) is 0 Å². The molecule has 1 aromatic heterocycles. The molecule has 0 atom stereocenters. The molecule has 3 aromatic rings. The molecule has 138 valence electrons. The number of anilines is 1. The van der Waals surface area contributed by atoms with E-state index in [-0.39, 0.29) is 0 Å². The van der Waals surface area contributed by atoms with Crippen molar-refractivity contribution < 1.29 is 13.6 Å². The number of amides is 1. The van der Waals surface area contributed by atoms with Crippen molar-refractivity contribution >= 4 is 29.3 Å². The van der Waals surface area contributed by atoms with E-state index >= 15 is 0 Å². The molecule has 27 heavy (non-hydrogen) atoms. The molecule has 0 fully saturated rings. The average Bonchev–Trinajstić information content (AvgIpc) is 2.91. The van der Waals surface area contributed by atoms with Crippen molar-refractivity contribution in [3.05, 3.63) is 88.2 Å². The lowest BCUT2D eigenvalue weighted by Gasteiger charge is -2.05. The van der Waals surface area contributed by atoms with Crippen molar-refractivity contribution in [3.63, 3.8) is 0 Å². The molecule has 0 aliphatic rings. The Labute approximate surface area is 160 Å². The normalized spacial score (nSPS) is 11.1. The molecular formula is C20H16ClF2N3O. The highest BCUT2D eigenvalue weighted by Crippen LogP contribution is 2.23. The summed E-state index contributed by atoms with van der Waals surface area (Å²) in [6, 6.07) is 13.0. The Bertz CT molecular complexity index is 980. The largest absolute Gasteiger partial charge is 0.318 e. The SMILES string of the molecule is Cc1nn(Cc2ccccc2)c(Cl)c1/C=C/C(=O)Nc1c(F)cccc1F. The summed E-state index contributed by atoms with van der Waals surface area (Å²) < 4.78 is 28.8. The first-order chi connectivity index (χ1) is 13.0. The third-order valence-corrected chi connectivity index (χ3v) is 4.30. The molecule has 0 bridgehead atoms. The summed E-state index contributed by atoms with van der Waals surface area (Å²) in [5, 5.41) is 6.94. The van der Waals surface area contributed by atoms with Crippen LogP contribution >= 0.6 is 11.6 Å². The second-order valence-corrected chi connectivity index (χ2v) is 6.21. The zero-order valence-corrected chi connectivity index (χ0v) is 15.2. The van der Waals surface area contributed by atoms with Gasteiger partial charge in [0.1, 0.15) is 22.5 Å². The monoisotopic (exact) mass is 387 g/mol. The van der Waals surface area contributed by atoms with Crippen LogP contribution in [0.2, 0.25) is 5.15 Å². The fraction of sp³-hybridized carbons (Fsp3) is 0.100. The third-order valence-electron chi connectivity index (χ3n) is 3.90. The van der Waals surface area contributed by atoms with E-state index in [4.69, 9.17) is 11.6 Å². The van der Waals surface area contributed by atoms with Gasteiger partial charge in [0.25, 0.3) is 0 Å². The van der Waals surface area contributed by atoms with Crippen LogP contribution in [-0.2, 0) is 11.3 Å². The number of hydrogen-bond acceptors (Lipinski definition) is 2. The minimum absolute atomic E-state index is 0.373. The molecule has 0 saturated heterocycles. The molecule has 2 aromatic carbocycles. The van der Waals surface area contributed by atoms with Crippen LogP contribution in [0.25, 0.3) is 6.08 Å². The molecule has 0 spiro atoms. The summed E-state index contributed by atoms with van der Waals surface area (Å²) in [7, 11) is 0. The Hall–Kier alpha value is -2.99. The van der Waals surface area contributed by atoms with Crippen molar-refractivity contribution in [2.24, 2.45) is 0 Å². The van der Waals surface area contributed by atoms with E-state index in [1.165, 1.54) is 12.1 Å². The van der Waals surface area contributed by atoms with Gasteiger partial charge < -0.3 is 5.32 Å². The zero-order valence-electron chi connectivity index (χ0n) is 14.4. The molecule has 0 saturated carbocycles. The number of aromatic nitrogens is 2. The molecule has 1 N–H and O–H groups in total. The molecule has 1 amide bonds. The van der Waals surface area contributed by atoms with E-state index < -0.39 is 23.2 Å². The molecule has 0 unspecified atom stereocenters. The molecule has 0 radical (unpaired) electrons. The van der Waals surface area contributed by atoms with Crippen LogP contribution < -0.4 is 5.32 Å². The van der Waals surface area contributed by atoms with Crippen molar-refractivity contribution in [2.75, 3.05) is 5.32 Å². The first-order valence-corrected chi connectivity index (χ1v) is 8.53. The number of carbonyl (C=O) groups is 1. The zero-order chi connectivity index (χ0) is 19.4. The fourth-order valence-corrected chi connectivity index (χ4v) is 2.86. The van der Waals surface area contributed by atoms with Crippen LogP contribution in [0.5, 0.6) is 0 Å². The number of halogens is 3. The molecule has 3 rings (SSSR count). The lowest BCUT2D eigenvalue weighted by Crippen LogP contribution is -2.10. The number of aryl methyl sites for hydroxylation is 1. The van der Waals surface area contributed by atoms with E-state index in [1.807, 2.05) is 30.3 Å². The highest BCUT2D eigenvalue weighted by Gasteiger charge is 2.13. The Morgan fingerprint density at radius 2 is 1.81 bits per heavy atom. The van der Waals surface area contributed by atoms with E-state index in [0.29, 0.717) is 23.0 Å². The van der Waals surface area contributed by atoms with Gasteiger partial charge in [-0.05, 0) is 30.7 Å². The number of nitrogens with zero attached hydrogens (tertiary/aromatic N) is 2. The third kappa shape index (κ3) is 4.41. The van der Waals surface area contributed by atoms with Gasteiger partial charge in [0, 0.05) is 11.6 Å². The van der Waals surface area contributed by atoms with E-state index in [2.05, 4.69) is 10.4 Å². The van der Waals surface area contributed by atoms with Gasteiger partial charge in [-0.1, -0.05) is 48.0 Å². The predicted molar refractivity (Wildman–Crippen MR) is 102 cm³/mol. The molecule has 4 nitrogen and oxygen atoms in total. The number of rotatable bonds is 5. The number of para-hydroxylation sites is 1. The van der Waals surface area contributed by atoms with Gasteiger partial charge in [-0.25, -0.2) is 13.5 Å². The number of hydrogen-bond donors (Lipinski definition) is 1. The Kier molecular flexibility index (Phi) is 5.66. The maximum Gasteiger partial charge on any atom is 0.248 e. The minimum Gasteiger partial charge on any atom is -0.318 e. The topological polar surface area (TPSA) is 46.9 Å². The number of carbonyl (C=O) groups excluding carboxylic acids is 1. The van der Waals surface area contributed by atoms with E-state index in [9.17, 15) is 13.6 Å². The first kappa shape index (κ1) is 18.8. The summed E-state index contributed by atoms with van der Waals surface area (Å²) in [4.78, 5) is 12.0. The van der Waals surface area contributed by atoms with E-state index in [0.717, 1.165) is 23.8 Å². The number of nitrogens with one attached hydrogen (secondary N) is 1. The molecule has 7 heteroatoms. The molecule has 1 heterocycles. The highest BCUT2D eigenvalue weighted by molar-refractivity contribution is 6.31. The van der Waals surface area contributed by atoms with E-state index in [1.54, 1.807) is 11.6 Å². The summed E-state index contributed by atoms with van der Waals surface area (Å²) >= 11 is 6.37. The molecular weight excluding hydrogens is 372 g/mol. The van der Waals surface area contributed by atoms with Crippen LogP contribution in [0.4, 0.5) is 14.5 Å². The van der Waals surface area contributed by atoms with Gasteiger partial charge in [0.2, 0.25) is 5.91 Å². The minimum atomic E-state index is -0.846. The van der Waals surface area contributed by atoms with Gasteiger partial charge >= 0.3 is 0 Å². The summed E-state index contributed by atoms with van der Waals surface area (Å²) in [6.45, 7) is 2.25. The maximum absolute atomic E-state index is 13.6. The summed E-state index contributed by atoms with van der Waals surface area (Å²) in [5.41, 5.74) is 1.74. The van der Waals surface area contributed by atoms with Crippen LogP contribution in [0, 0.1) is 18.6 Å².